The van der Waals surface area contributed by atoms with Crippen LogP contribution in [0, 0.1) is 0 Å². The van der Waals surface area contributed by atoms with Crippen LogP contribution in [-0.4, -0.2) is 15.0 Å². The summed E-state index contributed by atoms with van der Waals surface area (Å²) in [6, 6.07) is 7.79. The van der Waals surface area contributed by atoms with Gasteiger partial charge in [0, 0.05) is 15.5 Å². The Balaban J connectivity index is 2.52. The van der Waals surface area contributed by atoms with Crippen molar-refractivity contribution in [2.45, 2.75) is 26.2 Å². The molecule has 5 heteroatoms. The molecule has 0 spiro atoms. The highest BCUT2D eigenvalue weighted by Gasteiger charge is 2.19. The molecular weight excluding hydrogens is 314 g/mol. The van der Waals surface area contributed by atoms with Gasteiger partial charge in [0.2, 0.25) is 5.28 Å². The van der Waals surface area contributed by atoms with Crippen molar-refractivity contribution in [1.29, 1.82) is 0 Å². The third kappa shape index (κ3) is 3.06. The van der Waals surface area contributed by atoms with Gasteiger partial charge >= 0.3 is 0 Å². The molecule has 18 heavy (non-hydrogen) atoms. The predicted octanol–water partition coefficient (Wildman–Crippen LogP) is 4.25. The molecule has 0 aliphatic heterocycles. The van der Waals surface area contributed by atoms with Gasteiger partial charge in [0.05, 0.1) is 0 Å². The number of hydrogen-bond acceptors (Lipinski definition) is 3. The second-order valence-electron chi connectivity index (χ2n) is 5.01. The molecule has 1 aromatic heterocycles. The molecule has 3 nitrogen and oxygen atoms in total. The molecule has 0 bridgehead atoms. The molecule has 0 N–H and O–H groups in total. The SMILES string of the molecule is CC(C)(C)c1nc(Cl)nc(-c2ccc(Br)cc2)n1. The van der Waals surface area contributed by atoms with Crippen LogP contribution in [0.15, 0.2) is 28.7 Å². The van der Waals surface area contributed by atoms with E-state index in [-0.39, 0.29) is 10.7 Å². The van der Waals surface area contributed by atoms with E-state index < -0.39 is 0 Å². The molecule has 2 aromatic rings. The molecule has 0 aliphatic carbocycles. The van der Waals surface area contributed by atoms with E-state index >= 15 is 0 Å². The van der Waals surface area contributed by atoms with Gasteiger partial charge in [0.25, 0.3) is 0 Å². The molecule has 0 saturated carbocycles. The molecule has 0 aliphatic rings. The van der Waals surface area contributed by atoms with Crippen LogP contribution in [0.1, 0.15) is 26.6 Å². The van der Waals surface area contributed by atoms with Crippen molar-refractivity contribution in [3.63, 3.8) is 0 Å². The molecule has 0 amide bonds. The third-order valence-corrected chi connectivity index (χ3v) is 3.08. The third-order valence-electron chi connectivity index (χ3n) is 2.38. The average molecular weight is 327 g/mol. The van der Waals surface area contributed by atoms with Crippen LogP contribution < -0.4 is 0 Å². The Morgan fingerprint density at radius 2 is 1.61 bits per heavy atom. The summed E-state index contributed by atoms with van der Waals surface area (Å²) in [5.74, 6) is 1.30. The van der Waals surface area contributed by atoms with Gasteiger partial charge in [-0.1, -0.05) is 48.8 Å². The van der Waals surface area contributed by atoms with Crippen LogP contribution in [0.4, 0.5) is 0 Å². The van der Waals surface area contributed by atoms with Gasteiger partial charge < -0.3 is 0 Å². The molecule has 1 aromatic carbocycles. The fourth-order valence-electron chi connectivity index (χ4n) is 1.41. The maximum absolute atomic E-state index is 5.97. The van der Waals surface area contributed by atoms with Gasteiger partial charge in [-0.2, -0.15) is 4.98 Å². The smallest absolute Gasteiger partial charge is 0.212 e. The minimum Gasteiger partial charge on any atom is -0.212 e. The van der Waals surface area contributed by atoms with Crippen molar-refractivity contribution in [3.8, 4) is 11.4 Å². The highest BCUT2D eigenvalue weighted by Crippen LogP contribution is 2.24. The number of benzene rings is 1. The highest BCUT2D eigenvalue weighted by molar-refractivity contribution is 9.10. The van der Waals surface area contributed by atoms with Gasteiger partial charge in [0.15, 0.2) is 5.82 Å². The Morgan fingerprint density at radius 3 is 2.17 bits per heavy atom. The molecule has 1 heterocycles. The number of aromatic nitrogens is 3. The summed E-state index contributed by atoms with van der Waals surface area (Å²) >= 11 is 9.37. The van der Waals surface area contributed by atoms with Crippen LogP contribution in [0.25, 0.3) is 11.4 Å². The van der Waals surface area contributed by atoms with Gasteiger partial charge in [-0.05, 0) is 23.7 Å². The van der Waals surface area contributed by atoms with Crippen molar-refractivity contribution >= 4 is 27.5 Å². The first-order chi connectivity index (χ1) is 8.36. The summed E-state index contributed by atoms with van der Waals surface area (Å²) in [4.78, 5) is 12.8. The quantitative estimate of drug-likeness (QED) is 0.786. The molecule has 94 valence electrons. The van der Waals surface area contributed by atoms with Gasteiger partial charge in [0.1, 0.15) is 5.82 Å². The van der Waals surface area contributed by atoms with Crippen LogP contribution in [0.3, 0.4) is 0 Å². The number of rotatable bonds is 1. The van der Waals surface area contributed by atoms with Crippen LogP contribution in [-0.2, 0) is 5.41 Å². The van der Waals surface area contributed by atoms with Crippen molar-refractivity contribution in [2.24, 2.45) is 0 Å². The van der Waals surface area contributed by atoms with Crippen LogP contribution in [0.5, 0.6) is 0 Å². The van der Waals surface area contributed by atoms with Crippen molar-refractivity contribution in [1.82, 2.24) is 15.0 Å². The van der Waals surface area contributed by atoms with E-state index in [2.05, 4.69) is 30.9 Å². The van der Waals surface area contributed by atoms with E-state index in [9.17, 15) is 0 Å². The summed E-state index contributed by atoms with van der Waals surface area (Å²) in [6.07, 6.45) is 0. The molecule has 0 radical (unpaired) electrons. The van der Waals surface area contributed by atoms with Crippen LogP contribution in [0.2, 0.25) is 5.28 Å². The number of halogens is 2. The summed E-state index contributed by atoms with van der Waals surface area (Å²) < 4.78 is 1.02. The molecular formula is C13H13BrClN3. The molecule has 0 saturated heterocycles. The normalized spacial score (nSPS) is 11.6. The molecule has 0 fully saturated rings. The summed E-state index contributed by atoms with van der Waals surface area (Å²) in [6.45, 7) is 6.14. The molecule has 0 atom stereocenters. The zero-order valence-corrected chi connectivity index (χ0v) is 12.7. The van der Waals surface area contributed by atoms with E-state index in [1.807, 2.05) is 45.0 Å². The maximum atomic E-state index is 5.97. The van der Waals surface area contributed by atoms with E-state index in [0.717, 1.165) is 10.0 Å². The van der Waals surface area contributed by atoms with E-state index in [1.165, 1.54) is 0 Å². The highest BCUT2D eigenvalue weighted by atomic mass is 79.9. The fourth-order valence-corrected chi connectivity index (χ4v) is 1.84. The van der Waals surface area contributed by atoms with Crippen LogP contribution >= 0.6 is 27.5 Å². The standard InChI is InChI=1S/C13H13BrClN3/c1-13(2,3)11-16-10(17-12(15)18-11)8-4-6-9(14)7-5-8/h4-7H,1-3H3. The van der Waals surface area contributed by atoms with E-state index in [0.29, 0.717) is 11.6 Å². The topological polar surface area (TPSA) is 38.7 Å². The number of hydrogen-bond donors (Lipinski definition) is 0. The minimum absolute atomic E-state index is 0.156. The lowest BCUT2D eigenvalue weighted by atomic mass is 9.96. The zero-order valence-electron chi connectivity index (χ0n) is 10.4. The summed E-state index contributed by atoms with van der Waals surface area (Å²) in [5, 5.41) is 0.229. The summed E-state index contributed by atoms with van der Waals surface area (Å²) in [5.41, 5.74) is 0.768. The van der Waals surface area contributed by atoms with Crippen molar-refractivity contribution in [3.05, 3.63) is 39.8 Å². The Bertz CT molecular complexity index is 561. The van der Waals surface area contributed by atoms with Crippen molar-refractivity contribution < 1.29 is 0 Å². The molecule has 0 unspecified atom stereocenters. The Morgan fingerprint density at radius 1 is 1.00 bits per heavy atom. The van der Waals surface area contributed by atoms with Gasteiger partial charge in [-0.25, -0.2) is 9.97 Å². The van der Waals surface area contributed by atoms with E-state index in [4.69, 9.17) is 11.6 Å². The predicted molar refractivity (Wildman–Crippen MR) is 76.7 cm³/mol. The van der Waals surface area contributed by atoms with Gasteiger partial charge in [-0.15, -0.1) is 0 Å². The maximum Gasteiger partial charge on any atom is 0.226 e. The first-order valence-electron chi connectivity index (χ1n) is 5.54. The zero-order chi connectivity index (χ0) is 13.3. The van der Waals surface area contributed by atoms with Crippen molar-refractivity contribution in [2.75, 3.05) is 0 Å². The first-order valence-corrected chi connectivity index (χ1v) is 6.71. The second-order valence-corrected chi connectivity index (χ2v) is 6.26. The van der Waals surface area contributed by atoms with Gasteiger partial charge in [-0.3, -0.25) is 0 Å². The largest absolute Gasteiger partial charge is 0.226 e. The lowest BCUT2D eigenvalue weighted by molar-refractivity contribution is 0.542. The molecule has 2 rings (SSSR count). The monoisotopic (exact) mass is 325 g/mol. The number of nitrogens with zero attached hydrogens (tertiary/aromatic N) is 3. The Labute approximate surface area is 120 Å². The summed E-state index contributed by atoms with van der Waals surface area (Å²) in [7, 11) is 0. The lowest BCUT2D eigenvalue weighted by Crippen LogP contribution is -2.17. The second kappa shape index (κ2) is 4.94. The Hall–Kier alpha value is -1.00. The Kier molecular flexibility index (Phi) is 3.69. The minimum atomic E-state index is -0.156. The van der Waals surface area contributed by atoms with E-state index in [1.54, 1.807) is 0 Å². The fraction of sp³-hybridized carbons (Fsp3) is 0.308. The average Bonchev–Trinajstić information content (AvgIpc) is 2.28. The first kappa shape index (κ1) is 13.4. The lowest BCUT2D eigenvalue weighted by Gasteiger charge is -2.16.